The number of hydrogen-bond donors (Lipinski definition) is 2. The number of methoxy groups -OCH3 is 1. The second kappa shape index (κ2) is 10.1. The van der Waals surface area contributed by atoms with Gasteiger partial charge in [-0.25, -0.2) is 17.8 Å². The smallest absolute Gasteiger partial charge is 0.414 e. The van der Waals surface area contributed by atoms with E-state index in [1.54, 1.807) is 0 Å². The van der Waals surface area contributed by atoms with E-state index in [9.17, 15) is 30.8 Å². The number of carbonyl (C=O) groups excluding carboxylic acids is 1. The van der Waals surface area contributed by atoms with E-state index in [0.29, 0.717) is 0 Å². The van der Waals surface area contributed by atoms with Crippen LogP contribution >= 0.6 is 0 Å². The minimum absolute atomic E-state index is 0. The number of pyridine rings is 1. The zero-order valence-corrected chi connectivity index (χ0v) is 16.6. The van der Waals surface area contributed by atoms with Crippen molar-refractivity contribution in [1.82, 2.24) is 4.98 Å². The number of carbonyl (C=O) groups is 1. The van der Waals surface area contributed by atoms with Gasteiger partial charge in [-0.3, -0.25) is 4.79 Å². The molecule has 0 aliphatic rings. The predicted molar refractivity (Wildman–Crippen MR) is 105 cm³/mol. The summed E-state index contributed by atoms with van der Waals surface area (Å²) in [6, 6.07) is 5.48. The van der Waals surface area contributed by atoms with Crippen molar-refractivity contribution in [3.63, 3.8) is 0 Å². The van der Waals surface area contributed by atoms with Crippen LogP contribution in [0.15, 0.2) is 35.2 Å². The first-order valence-electron chi connectivity index (χ1n) is 8.45. The number of aryl methyl sites for hydroxylation is 1. The van der Waals surface area contributed by atoms with Crippen LogP contribution in [0.4, 0.5) is 23.4 Å². The lowest BCUT2D eigenvalue weighted by atomic mass is 10.2. The Bertz CT molecular complexity index is 1040. The zero-order valence-electron chi connectivity index (χ0n) is 15.8. The van der Waals surface area contributed by atoms with Crippen LogP contribution < -0.4 is 10.1 Å². The summed E-state index contributed by atoms with van der Waals surface area (Å²) in [6.07, 6.45) is -8.79. The topological polar surface area (TPSA) is 106 Å². The summed E-state index contributed by atoms with van der Waals surface area (Å²) in [7, 11) is -3.01. The third-order valence-corrected chi connectivity index (χ3v) is 5.82. The van der Waals surface area contributed by atoms with Gasteiger partial charge >= 0.3 is 6.18 Å². The molecule has 12 heteroatoms. The number of aliphatic hydroxyl groups excluding tert-OH is 1. The maximum Gasteiger partial charge on any atom is 0.414 e. The molecule has 1 aromatic heterocycles. The fourth-order valence-corrected chi connectivity index (χ4v) is 3.75. The Morgan fingerprint density at radius 2 is 1.90 bits per heavy atom. The number of amides is 1. The minimum Gasteiger partial charge on any atom is -0.496 e. The van der Waals surface area contributed by atoms with Crippen LogP contribution in [0.25, 0.3) is 0 Å². The van der Waals surface area contributed by atoms with Crippen LogP contribution in [-0.4, -0.2) is 49.6 Å². The fraction of sp³-hybridized carbons (Fsp3) is 0.368. The largest absolute Gasteiger partial charge is 0.496 e. The standard InChI is InChI=1S/C18H18F4N2O5S.CH4/c1-10-13(19)4-6-16(23-10)24-17(26)12-9-11(3-5-14(12)29-2)30(27,28)8-7-15(25)18(20,21)22;/h3-6,9,15,25H,7-8H2,1-2H3,(H,23,24,26);1H4/t15-;/m0./s1. The van der Waals surface area contributed by atoms with E-state index in [2.05, 4.69) is 10.3 Å². The van der Waals surface area contributed by atoms with Gasteiger partial charge in [0, 0.05) is 0 Å². The number of sulfone groups is 1. The average molecular weight is 466 g/mol. The van der Waals surface area contributed by atoms with Crippen molar-refractivity contribution in [2.24, 2.45) is 0 Å². The molecule has 0 fully saturated rings. The van der Waals surface area contributed by atoms with Gasteiger partial charge in [0.15, 0.2) is 15.9 Å². The lowest BCUT2D eigenvalue weighted by molar-refractivity contribution is -0.203. The summed E-state index contributed by atoms with van der Waals surface area (Å²) in [5.74, 6) is -2.39. The Labute approximate surface area is 177 Å². The highest BCUT2D eigenvalue weighted by Crippen LogP contribution is 2.27. The third kappa shape index (κ3) is 6.62. The number of anilines is 1. The third-order valence-electron chi connectivity index (χ3n) is 4.08. The Morgan fingerprint density at radius 3 is 2.45 bits per heavy atom. The van der Waals surface area contributed by atoms with Crippen LogP contribution in [0.3, 0.4) is 0 Å². The van der Waals surface area contributed by atoms with Crippen molar-refractivity contribution >= 4 is 21.6 Å². The van der Waals surface area contributed by atoms with Crippen molar-refractivity contribution in [3.8, 4) is 5.75 Å². The first-order valence-corrected chi connectivity index (χ1v) is 10.1. The number of halogens is 4. The quantitative estimate of drug-likeness (QED) is 0.605. The van der Waals surface area contributed by atoms with Crippen molar-refractivity contribution in [2.45, 2.75) is 37.9 Å². The summed E-state index contributed by atoms with van der Waals surface area (Å²) in [4.78, 5) is 16.0. The van der Waals surface area contributed by atoms with Gasteiger partial charge in [0.05, 0.1) is 29.0 Å². The van der Waals surface area contributed by atoms with E-state index in [1.165, 1.54) is 26.2 Å². The number of benzene rings is 1. The maximum atomic E-state index is 13.3. The number of ether oxygens (including phenoxy) is 1. The van der Waals surface area contributed by atoms with E-state index in [1.807, 2.05) is 0 Å². The summed E-state index contributed by atoms with van der Waals surface area (Å²) in [5.41, 5.74) is -0.196. The zero-order chi connectivity index (χ0) is 22.7. The van der Waals surface area contributed by atoms with Crippen molar-refractivity contribution in [2.75, 3.05) is 18.2 Å². The predicted octanol–water partition coefficient (Wildman–Crippen LogP) is 3.51. The van der Waals surface area contributed by atoms with Gasteiger partial charge in [-0.2, -0.15) is 13.2 Å². The number of aromatic nitrogens is 1. The molecule has 0 bridgehead atoms. The highest BCUT2D eigenvalue weighted by Gasteiger charge is 2.38. The van der Waals surface area contributed by atoms with E-state index in [4.69, 9.17) is 9.84 Å². The number of nitrogens with one attached hydrogen (secondary N) is 1. The second-order valence-electron chi connectivity index (χ2n) is 6.24. The van der Waals surface area contributed by atoms with Gasteiger partial charge in [0.1, 0.15) is 17.4 Å². The SMILES string of the molecule is C.COc1ccc(S(=O)(=O)CC[C@H](O)C(F)(F)F)cc1C(=O)Nc1ccc(F)c(C)n1. The lowest BCUT2D eigenvalue weighted by Gasteiger charge is -2.15. The first kappa shape index (κ1) is 26.3. The maximum absolute atomic E-state index is 13.3. The second-order valence-corrected chi connectivity index (χ2v) is 8.35. The molecule has 1 aromatic carbocycles. The average Bonchev–Trinajstić information content (AvgIpc) is 2.67. The molecule has 0 saturated carbocycles. The van der Waals surface area contributed by atoms with Crippen molar-refractivity contribution < 1.29 is 40.6 Å². The molecule has 0 aliphatic heterocycles. The van der Waals surface area contributed by atoms with E-state index in [-0.39, 0.29) is 30.3 Å². The molecule has 0 saturated heterocycles. The molecule has 1 amide bonds. The molecule has 1 heterocycles. The molecule has 0 radical (unpaired) electrons. The Morgan fingerprint density at radius 1 is 1.26 bits per heavy atom. The summed E-state index contributed by atoms with van der Waals surface area (Å²) in [5, 5.41) is 11.4. The van der Waals surface area contributed by atoms with Gasteiger partial charge in [-0.1, -0.05) is 7.43 Å². The molecule has 1 atom stereocenters. The molecular formula is C19H22F4N2O5S. The van der Waals surface area contributed by atoms with Gasteiger partial charge in [0.2, 0.25) is 0 Å². The summed E-state index contributed by atoms with van der Waals surface area (Å²) >= 11 is 0. The molecule has 31 heavy (non-hydrogen) atoms. The number of hydrogen-bond acceptors (Lipinski definition) is 6. The summed E-state index contributed by atoms with van der Waals surface area (Å²) in [6.45, 7) is 1.38. The monoisotopic (exact) mass is 466 g/mol. The molecule has 2 N–H and O–H groups in total. The van der Waals surface area contributed by atoms with Crippen LogP contribution in [0.5, 0.6) is 5.75 Å². The van der Waals surface area contributed by atoms with Crippen LogP contribution in [-0.2, 0) is 9.84 Å². The van der Waals surface area contributed by atoms with Gasteiger partial charge in [0.25, 0.3) is 5.91 Å². The first-order chi connectivity index (χ1) is 13.8. The number of nitrogens with zero attached hydrogens (tertiary/aromatic N) is 1. The molecule has 172 valence electrons. The van der Waals surface area contributed by atoms with Gasteiger partial charge in [-0.05, 0) is 43.7 Å². The van der Waals surface area contributed by atoms with Crippen LogP contribution in [0.2, 0.25) is 0 Å². The molecule has 0 unspecified atom stereocenters. The van der Waals surface area contributed by atoms with Gasteiger partial charge < -0.3 is 15.2 Å². The van der Waals surface area contributed by atoms with E-state index in [0.717, 1.165) is 18.2 Å². The normalized spacial score (nSPS) is 12.6. The molecule has 0 spiro atoms. The van der Waals surface area contributed by atoms with Crippen molar-refractivity contribution in [1.29, 1.82) is 0 Å². The molecular weight excluding hydrogens is 444 g/mol. The van der Waals surface area contributed by atoms with E-state index >= 15 is 0 Å². The summed E-state index contributed by atoms with van der Waals surface area (Å²) < 4.78 is 80.3. The number of rotatable bonds is 7. The van der Waals surface area contributed by atoms with Gasteiger partial charge in [-0.15, -0.1) is 0 Å². The van der Waals surface area contributed by atoms with Crippen molar-refractivity contribution in [3.05, 3.63) is 47.4 Å². The Balaban J connectivity index is 0.00000480. The van der Waals surface area contributed by atoms with E-state index < -0.39 is 50.9 Å². The van der Waals surface area contributed by atoms with Crippen LogP contribution in [0, 0.1) is 12.7 Å². The Kier molecular flexibility index (Phi) is 8.53. The minimum atomic E-state index is -4.94. The fourth-order valence-electron chi connectivity index (χ4n) is 2.40. The highest BCUT2D eigenvalue weighted by atomic mass is 32.2. The number of aliphatic hydroxyl groups is 1. The Hall–Kier alpha value is -2.73. The molecule has 2 rings (SSSR count). The molecule has 2 aromatic rings. The molecule has 7 nitrogen and oxygen atoms in total. The number of alkyl halides is 3. The lowest BCUT2D eigenvalue weighted by Crippen LogP contribution is -2.30. The highest BCUT2D eigenvalue weighted by molar-refractivity contribution is 7.91. The molecule has 0 aliphatic carbocycles. The van der Waals surface area contributed by atoms with Crippen LogP contribution in [0.1, 0.15) is 29.9 Å².